The molecule has 3 heteroatoms. The standard InChI is InChI=1S/C39H42N2O/c1-5-23-40-34-20-19-30-11-9-10-14-33(30)38(34)39(4,27-29-17-15-28(3)16-18-29)22-21-37-41(24-6-2)35-25-31-12-7-8-13-32(31)26-36(35)42-37/h7-21,25-26,40H,5-6,22-24,27H2,1-4H3/p+1. The Bertz CT molecular complexity index is 1740. The van der Waals surface area contributed by atoms with E-state index in [-0.39, 0.29) is 5.41 Å². The van der Waals surface area contributed by atoms with E-state index in [1.165, 1.54) is 49.6 Å². The van der Waals surface area contributed by atoms with Crippen molar-refractivity contribution >= 4 is 32.9 Å². The summed E-state index contributed by atoms with van der Waals surface area (Å²) in [5, 5.41) is 7.55. The smallest absolute Gasteiger partial charge is 0.196 e. The molecule has 0 fully saturated rings. The van der Waals surface area contributed by atoms with E-state index in [1.54, 1.807) is 0 Å². The lowest BCUT2D eigenvalue weighted by atomic mass is 9.72. The van der Waals surface area contributed by atoms with Crippen molar-refractivity contribution < 1.29 is 10.1 Å². The minimum Gasteiger partial charge on any atom is -0.439 e. The SMILES string of the molecule is CCC[NH2+]c1ccc2ccccc2c1C(C)(CC=C1Oc2cc3ccccc3cc2N1CCC)Cc1ccc(C)cc1. The highest BCUT2D eigenvalue weighted by molar-refractivity contribution is 5.91. The van der Waals surface area contributed by atoms with Crippen molar-refractivity contribution in [1.82, 2.24) is 0 Å². The van der Waals surface area contributed by atoms with E-state index in [0.29, 0.717) is 0 Å². The maximum absolute atomic E-state index is 6.64. The Balaban J connectivity index is 1.46. The van der Waals surface area contributed by atoms with E-state index in [2.05, 4.69) is 141 Å². The predicted octanol–water partition coefficient (Wildman–Crippen LogP) is 8.95. The van der Waals surface area contributed by atoms with E-state index in [0.717, 1.165) is 50.4 Å². The van der Waals surface area contributed by atoms with E-state index in [9.17, 15) is 0 Å². The van der Waals surface area contributed by atoms with Crippen molar-refractivity contribution in [2.24, 2.45) is 0 Å². The molecule has 6 rings (SSSR count). The second-order valence-corrected chi connectivity index (χ2v) is 12.1. The van der Waals surface area contributed by atoms with Crippen LogP contribution in [0.2, 0.25) is 0 Å². The van der Waals surface area contributed by atoms with Crippen molar-refractivity contribution in [2.45, 2.75) is 58.8 Å². The molecule has 1 aliphatic rings. The summed E-state index contributed by atoms with van der Waals surface area (Å²) in [6.45, 7) is 11.1. The normalized spacial score (nSPS) is 15.2. The molecule has 2 N–H and O–H groups in total. The second-order valence-electron chi connectivity index (χ2n) is 12.1. The number of nitrogens with two attached hydrogens (primary N) is 1. The minimum atomic E-state index is -0.149. The molecule has 1 aliphatic heterocycles. The van der Waals surface area contributed by atoms with Gasteiger partial charge in [0.05, 0.1) is 12.2 Å². The molecule has 0 saturated carbocycles. The lowest BCUT2D eigenvalue weighted by Gasteiger charge is -2.32. The van der Waals surface area contributed by atoms with Gasteiger partial charge in [-0.3, -0.25) is 0 Å². The van der Waals surface area contributed by atoms with Gasteiger partial charge in [-0.2, -0.15) is 0 Å². The molecule has 1 unspecified atom stereocenters. The average Bonchev–Trinajstić information content (AvgIpc) is 3.34. The summed E-state index contributed by atoms with van der Waals surface area (Å²) in [6.07, 6.45) is 6.36. The number of anilines is 1. The highest BCUT2D eigenvalue weighted by Gasteiger charge is 2.34. The Hall–Kier alpha value is -4.08. The third-order valence-corrected chi connectivity index (χ3v) is 8.71. The lowest BCUT2D eigenvalue weighted by molar-refractivity contribution is -0.572. The van der Waals surface area contributed by atoms with Gasteiger partial charge in [0.15, 0.2) is 11.6 Å². The Labute approximate surface area is 250 Å². The largest absolute Gasteiger partial charge is 0.439 e. The van der Waals surface area contributed by atoms with Gasteiger partial charge in [-0.1, -0.05) is 99.1 Å². The first-order chi connectivity index (χ1) is 20.5. The highest BCUT2D eigenvalue weighted by Crippen LogP contribution is 2.44. The Kier molecular flexibility index (Phi) is 8.04. The molecule has 0 radical (unpaired) electrons. The van der Waals surface area contributed by atoms with Gasteiger partial charge < -0.3 is 15.0 Å². The number of allylic oxidation sites excluding steroid dienone is 1. The molecule has 0 amide bonds. The van der Waals surface area contributed by atoms with Crippen LogP contribution in [0.25, 0.3) is 21.5 Å². The first-order valence-corrected chi connectivity index (χ1v) is 15.6. The van der Waals surface area contributed by atoms with Crippen molar-refractivity contribution in [1.29, 1.82) is 0 Å². The summed E-state index contributed by atoms with van der Waals surface area (Å²) in [7, 11) is 0. The highest BCUT2D eigenvalue weighted by atomic mass is 16.5. The van der Waals surface area contributed by atoms with Crippen LogP contribution in [0, 0.1) is 6.92 Å². The van der Waals surface area contributed by atoms with Crippen LogP contribution in [0.5, 0.6) is 5.75 Å². The van der Waals surface area contributed by atoms with Gasteiger partial charge in [-0.15, -0.1) is 0 Å². The summed E-state index contributed by atoms with van der Waals surface area (Å²) in [6, 6.07) is 35.7. The number of aryl methyl sites for hydroxylation is 1. The molecule has 0 saturated heterocycles. The number of benzene rings is 5. The maximum Gasteiger partial charge on any atom is 0.196 e. The van der Waals surface area contributed by atoms with Crippen molar-refractivity contribution in [3.63, 3.8) is 0 Å². The van der Waals surface area contributed by atoms with Crippen LogP contribution in [-0.2, 0) is 11.8 Å². The molecule has 0 spiro atoms. The van der Waals surface area contributed by atoms with Crippen LogP contribution in [0.3, 0.4) is 0 Å². The van der Waals surface area contributed by atoms with Gasteiger partial charge in [-0.25, -0.2) is 0 Å². The molecule has 0 aromatic heterocycles. The number of rotatable bonds is 10. The number of hydrogen-bond acceptors (Lipinski definition) is 2. The number of nitrogens with zero attached hydrogens (tertiary/aromatic N) is 1. The van der Waals surface area contributed by atoms with E-state index >= 15 is 0 Å². The minimum absolute atomic E-state index is 0.149. The molecule has 5 aromatic rings. The van der Waals surface area contributed by atoms with Gasteiger partial charge in [-0.05, 0) is 90.1 Å². The van der Waals surface area contributed by atoms with Crippen LogP contribution in [0.1, 0.15) is 56.7 Å². The summed E-state index contributed by atoms with van der Waals surface area (Å²) in [5.74, 6) is 1.91. The van der Waals surface area contributed by atoms with Crippen molar-refractivity contribution in [3.05, 3.63) is 126 Å². The predicted molar refractivity (Wildman–Crippen MR) is 178 cm³/mol. The van der Waals surface area contributed by atoms with Gasteiger partial charge >= 0.3 is 0 Å². The molecule has 0 bridgehead atoms. The summed E-state index contributed by atoms with van der Waals surface area (Å²) in [4.78, 5) is 2.38. The zero-order valence-electron chi connectivity index (χ0n) is 25.5. The first-order valence-electron chi connectivity index (χ1n) is 15.6. The van der Waals surface area contributed by atoms with Gasteiger partial charge in [0.1, 0.15) is 5.69 Å². The van der Waals surface area contributed by atoms with Crippen LogP contribution in [0.4, 0.5) is 11.4 Å². The second kappa shape index (κ2) is 12.0. The third-order valence-electron chi connectivity index (χ3n) is 8.71. The van der Waals surface area contributed by atoms with Crippen LogP contribution < -0.4 is 15.0 Å². The number of quaternary nitrogens is 1. The Morgan fingerprint density at radius 2 is 1.52 bits per heavy atom. The molecule has 1 heterocycles. The fourth-order valence-electron chi connectivity index (χ4n) is 6.56. The van der Waals surface area contributed by atoms with Crippen LogP contribution >= 0.6 is 0 Å². The molecule has 5 aromatic carbocycles. The van der Waals surface area contributed by atoms with Crippen molar-refractivity contribution in [3.8, 4) is 5.75 Å². The van der Waals surface area contributed by atoms with Crippen molar-refractivity contribution in [2.75, 3.05) is 18.0 Å². The zero-order valence-corrected chi connectivity index (χ0v) is 25.5. The molecule has 3 nitrogen and oxygen atoms in total. The van der Waals surface area contributed by atoms with E-state index < -0.39 is 0 Å². The Morgan fingerprint density at radius 1 is 0.810 bits per heavy atom. The van der Waals surface area contributed by atoms with E-state index in [1.807, 2.05) is 0 Å². The number of fused-ring (bicyclic) bond motifs is 3. The number of ether oxygens (including phenoxy) is 1. The fraction of sp³-hybridized carbons (Fsp3) is 0.282. The lowest BCUT2D eigenvalue weighted by Crippen LogP contribution is -2.78. The topological polar surface area (TPSA) is 29.1 Å². The van der Waals surface area contributed by atoms with Crippen LogP contribution in [-0.4, -0.2) is 13.1 Å². The maximum atomic E-state index is 6.64. The molecule has 0 aliphatic carbocycles. The van der Waals surface area contributed by atoms with Gasteiger partial charge in [0.2, 0.25) is 0 Å². The molecule has 214 valence electrons. The monoisotopic (exact) mass is 555 g/mol. The Morgan fingerprint density at radius 3 is 2.26 bits per heavy atom. The molecular weight excluding hydrogens is 512 g/mol. The quantitative estimate of drug-likeness (QED) is 0.174. The first kappa shape index (κ1) is 28.1. The fourth-order valence-corrected chi connectivity index (χ4v) is 6.56. The summed E-state index contributed by atoms with van der Waals surface area (Å²) < 4.78 is 6.64. The third kappa shape index (κ3) is 5.54. The summed E-state index contributed by atoms with van der Waals surface area (Å²) >= 11 is 0. The average molecular weight is 556 g/mol. The molecule has 42 heavy (non-hydrogen) atoms. The van der Waals surface area contributed by atoms with Gasteiger partial charge in [0.25, 0.3) is 0 Å². The molecule has 1 atom stereocenters. The van der Waals surface area contributed by atoms with Gasteiger partial charge in [0, 0.05) is 17.5 Å². The summed E-state index contributed by atoms with van der Waals surface area (Å²) in [5.41, 5.74) is 6.48. The van der Waals surface area contributed by atoms with E-state index in [4.69, 9.17) is 4.74 Å². The zero-order chi connectivity index (χ0) is 29.1. The molecular formula is C39H43N2O+. The number of hydrogen-bond donors (Lipinski definition) is 1. The van der Waals surface area contributed by atoms with Crippen LogP contribution in [0.15, 0.2) is 109 Å².